The minimum Gasteiger partial charge on any atom is -0.431 e. The van der Waals surface area contributed by atoms with Crippen molar-refractivity contribution in [2.24, 2.45) is 0 Å². The first kappa shape index (κ1) is 10.4. The summed E-state index contributed by atoms with van der Waals surface area (Å²) in [6.07, 6.45) is 7.78. The standard InChI is InChI=1S/C12H18NO2/c1-10(14)15-12-6-4-5-11(9-12)13-7-2-3-8-13/h9H,2-8H2,1H3/q+1. The van der Waals surface area contributed by atoms with Gasteiger partial charge in [-0.15, -0.1) is 0 Å². The smallest absolute Gasteiger partial charge is 0.307 e. The second kappa shape index (κ2) is 4.60. The number of ether oxygens (including phenoxy) is 1. The summed E-state index contributed by atoms with van der Waals surface area (Å²) < 4.78 is 7.57. The van der Waals surface area contributed by atoms with Crippen molar-refractivity contribution in [3.8, 4) is 0 Å². The lowest BCUT2D eigenvalue weighted by Gasteiger charge is -2.12. The number of carbonyl (C=O) groups excluding carboxylic acids is 1. The summed E-state index contributed by atoms with van der Waals surface area (Å²) in [4.78, 5) is 10.9. The first-order chi connectivity index (χ1) is 7.25. The summed E-state index contributed by atoms with van der Waals surface area (Å²) in [5, 5.41) is 0. The highest BCUT2D eigenvalue weighted by Gasteiger charge is 2.22. The Morgan fingerprint density at radius 1 is 1.27 bits per heavy atom. The number of nitrogens with zero attached hydrogens (tertiary/aromatic N) is 1. The van der Waals surface area contributed by atoms with Gasteiger partial charge in [-0.05, 0) is 6.42 Å². The van der Waals surface area contributed by atoms with Crippen LogP contribution in [0.2, 0.25) is 0 Å². The van der Waals surface area contributed by atoms with Gasteiger partial charge in [0.1, 0.15) is 18.8 Å². The molecule has 0 aromatic rings. The van der Waals surface area contributed by atoms with Gasteiger partial charge in [-0.25, -0.2) is 4.58 Å². The van der Waals surface area contributed by atoms with Crippen LogP contribution in [0.25, 0.3) is 0 Å². The molecule has 0 N–H and O–H groups in total. The van der Waals surface area contributed by atoms with E-state index in [0.717, 1.165) is 25.0 Å². The van der Waals surface area contributed by atoms with E-state index in [9.17, 15) is 4.79 Å². The van der Waals surface area contributed by atoms with Crippen LogP contribution in [0.3, 0.4) is 0 Å². The molecule has 0 radical (unpaired) electrons. The number of hydrogen-bond donors (Lipinski definition) is 0. The van der Waals surface area contributed by atoms with Crippen molar-refractivity contribution in [2.75, 3.05) is 13.1 Å². The van der Waals surface area contributed by atoms with Crippen LogP contribution in [-0.2, 0) is 9.53 Å². The highest BCUT2D eigenvalue weighted by molar-refractivity contribution is 5.92. The predicted octanol–water partition coefficient (Wildman–Crippen LogP) is 1.86. The lowest BCUT2D eigenvalue weighted by atomic mass is 10.0. The Morgan fingerprint density at radius 3 is 2.67 bits per heavy atom. The summed E-state index contributed by atoms with van der Waals surface area (Å²) >= 11 is 0. The molecule has 1 saturated heterocycles. The number of hydrogen-bond acceptors (Lipinski definition) is 2. The van der Waals surface area contributed by atoms with Crippen LogP contribution < -0.4 is 0 Å². The van der Waals surface area contributed by atoms with Gasteiger partial charge in [0.15, 0.2) is 5.71 Å². The fourth-order valence-corrected chi connectivity index (χ4v) is 2.29. The summed E-state index contributed by atoms with van der Waals surface area (Å²) in [6, 6.07) is 0. The average Bonchev–Trinajstić information content (AvgIpc) is 2.69. The van der Waals surface area contributed by atoms with Gasteiger partial charge in [0.05, 0.1) is 0 Å². The number of esters is 1. The molecule has 1 aliphatic heterocycles. The van der Waals surface area contributed by atoms with Crippen LogP contribution in [0.15, 0.2) is 11.8 Å². The van der Waals surface area contributed by atoms with E-state index in [1.807, 2.05) is 0 Å². The minimum atomic E-state index is -0.205. The number of rotatable bonds is 1. The monoisotopic (exact) mass is 208 g/mol. The average molecular weight is 208 g/mol. The summed E-state index contributed by atoms with van der Waals surface area (Å²) in [5.41, 5.74) is 1.36. The first-order valence-corrected chi connectivity index (χ1v) is 5.75. The topological polar surface area (TPSA) is 29.3 Å². The van der Waals surface area contributed by atoms with Gasteiger partial charge in [-0.3, -0.25) is 4.79 Å². The maximum absolute atomic E-state index is 10.9. The normalized spacial score (nSPS) is 21.5. The van der Waals surface area contributed by atoms with Crippen molar-refractivity contribution in [2.45, 2.75) is 39.0 Å². The first-order valence-electron chi connectivity index (χ1n) is 5.75. The molecule has 3 nitrogen and oxygen atoms in total. The molecule has 1 heterocycles. The van der Waals surface area contributed by atoms with Gasteiger partial charge >= 0.3 is 5.97 Å². The highest BCUT2D eigenvalue weighted by atomic mass is 16.5. The maximum Gasteiger partial charge on any atom is 0.307 e. The Hall–Kier alpha value is -1.12. The third kappa shape index (κ3) is 2.67. The second-order valence-corrected chi connectivity index (χ2v) is 4.24. The van der Waals surface area contributed by atoms with E-state index in [2.05, 4.69) is 10.7 Å². The Labute approximate surface area is 90.4 Å². The molecule has 0 spiro atoms. The van der Waals surface area contributed by atoms with Gasteiger partial charge in [0.25, 0.3) is 0 Å². The van der Waals surface area contributed by atoms with Crippen molar-refractivity contribution in [3.05, 3.63) is 11.8 Å². The third-order valence-corrected chi connectivity index (χ3v) is 2.97. The zero-order valence-corrected chi connectivity index (χ0v) is 9.29. The van der Waals surface area contributed by atoms with Crippen LogP contribution in [0.5, 0.6) is 0 Å². The molecule has 2 aliphatic rings. The van der Waals surface area contributed by atoms with E-state index >= 15 is 0 Å². The molecule has 0 aromatic heterocycles. The van der Waals surface area contributed by atoms with E-state index in [1.165, 1.54) is 38.6 Å². The minimum absolute atomic E-state index is 0.205. The van der Waals surface area contributed by atoms with Gasteiger partial charge < -0.3 is 4.74 Å². The van der Waals surface area contributed by atoms with Gasteiger partial charge in [-0.2, -0.15) is 0 Å². The molecule has 0 amide bonds. The molecule has 0 aromatic carbocycles. The zero-order chi connectivity index (χ0) is 10.7. The molecule has 0 unspecified atom stereocenters. The van der Waals surface area contributed by atoms with Crippen molar-refractivity contribution in [1.82, 2.24) is 0 Å². The highest BCUT2D eigenvalue weighted by Crippen LogP contribution is 2.18. The van der Waals surface area contributed by atoms with Crippen LogP contribution in [0, 0.1) is 0 Å². The molecule has 3 heteroatoms. The molecule has 15 heavy (non-hydrogen) atoms. The van der Waals surface area contributed by atoms with Gasteiger partial charge in [0, 0.05) is 38.7 Å². The lowest BCUT2D eigenvalue weighted by Crippen LogP contribution is -2.20. The van der Waals surface area contributed by atoms with E-state index in [4.69, 9.17) is 4.74 Å². The van der Waals surface area contributed by atoms with Crippen LogP contribution in [0.1, 0.15) is 39.0 Å². The van der Waals surface area contributed by atoms with Gasteiger partial charge in [0.2, 0.25) is 0 Å². The number of allylic oxidation sites excluding steroid dienone is 2. The summed E-state index contributed by atoms with van der Waals surface area (Å²) in [6.45, 7) is 3.79. The summed E-state index contributed by atoms with van der Waals surface area (Å²) in [7, 11) is 0. The Bertz CT molecular complexity index is 321. The SMILES string of the molecule is CC(=O)OC1=CC(=[N+]2CCCC2)CCC1. The fraction of sp³-hybridized carbons (Fsp3) is 0.667. The largest absolute Gasteiger partial charge is 0.431 e. The zero-order valence-electron chi connectivity index (χ0n) is 9.29. The Kier molecular flexibility index (Phi) is 3.19. The molecule has 1 fully saturated rings. The molecule has 0 atom stereocenters. The van der Waals surface area contributed by atoms with Crippen molar-refractivity contribution in [1.29, 1.82) is 0 Å². The maximum atomic E-state index is 10.9. The molecular weight excluding hydrogens is 190 g/mol. The second-order valence-electron chi connectivity index (χ2n) is 4.24. The molecule has 82 valence electrons. The molecule has 0 bridgehead atoms. The van der Waals surface area contributed by atoms with E-state index in [-0.39, 0.29) is 5.97 Å². The molecule has 1 aliphatic carbocycles. The van der Waals surface area contributed by atoms with Gasteiger partial charge in [-0.1, -0.05) is 0 Å². The number of carbonyl (C=O) groups is 1. The van der Waals surface area contributed by atoms with E-state index in [0.29, 0.717) is 0 Å². The summed E-state index contributed by atoms with van der Waals surface area (Å²) in [5.74, 6) is 0.638. The molecule has 2 rings (SSSR count). The Morgan fingerprint density at radius 2 is 2.00 bits per heavy atom. The van der Waals surface area contributed by atoms with Crippen LogP contribution in [0.4, 0.5) is 0 Å². The van der Waals surface area contributed by atoms with E-state index in [1.54, 1.807) is 0 Å². The lowest BCUT2D eigenvalue weighted by molar-refractivity contribution is -0.506. The van der Waals surface area contributed by atoms with Crippen LogP contribution in [-0.4, -0.2) is 29.3 Å². The fourth-order valence-electron chi connectivity index (χ4n) is 2.29. The van der Waals surface area contributed by atoms with Crippen molar-refractivity contribution in [3.63, 3.8) is 0 Å². The molecule has 0 saturated carbocycles. The van der Waals surface area contributed by atoms with Crippen LogP contribution >= 0.6 is 0 Å². The molecular formula is C12H18NO2+. The predicted molar refractivity (Wildman–Crippen MR) is 57.9 cm³/mol. The Balaban J connectivity index is 2.13. The van der Waals surface area contributed by atoms with Crippen molar-refractivity contribution >= 4 is 11.7 Å². The third-order valence-electron chi connectivity index (χ3n) is 2.97. The van der Waals surface area contributed by atoms with E-state index < -0.39 is 0 Å². The van der Waals surface area contributed by atoms with Crippen molar-refractivity contribution < 1.29 is 14.1 Å². The quantitative estimate of drug-likeness (QED) is 0.486.